The number of amides is 1. The molecule has 0 unspecified atom stereocenters. The van der Waals surface area contributed by atoms with Gasteiger partial charge in [-0.15, -0.1) is 5.10 Å². The summed E-state index contributed by atoms with van der Waals surface area (Å²) in [4.78, 5) is 14.3. The van der Waals surface area contributed by atoms with Gasteiger partial charge in [0, 0.05) is 40.7 Å². The maximum atomic E-state index is 12.3. The van der Waals surface area contributed by atoms with Gasteiger partial charge in [-0.2, -0.15) is 5.10 Å². The fourth-order valence-corrected chi connectivity index (χ4v) is 2.82. The number of aromatic nitrogens is 2. The number of hydrogen-bond acceptors (Lipinski definition) is 5. The smallest absolute Gasteiger partial charge is 0.255 e. The Balaban J connectivity index is 1.67. The van der Waals surface area contributed by atoms with E-state index in [-0.39, 0.29) is 5.91 Å². The largest absolute Gasteiger partial charge is 0.376 e. The van der Waals surface area contributed by atoms with Gasteiger partial charge in [-0.1, -0.05) is 6.07 Å². The number of nitrogens with one attached hydrogen (secondary N) is 2. The molecule has 3 aromatic rings. The number of rotatable bonds is 5. The van der Waals surface area contributed by atoms with Crippen molar-refractivity contribution >= 4 is 51.4 Å². The van der Waals surface area contributed by atoms with E-state index >= 15 is 0 Å². The second kappa shape index (κ2) is 8.13. The molecule has 2 N–H and O–H groups in total. The minimum atomic E-state index is -0.131. The molecule has 26 heavy (non-hydrogen) atoms. The van der Waals surface area contributed by atoms with E-state index in [0.717, 1.165) is 20.6 Å². The molecule has 1 heterocycles. The minimum Gasteiger partial charge on any atom is -0.376 e. The first-order chi connectivity index (χ1) is 12.5. The molecule has 3 rings (SSSR count). The number of halogens is 1. The average molecular weight is 459 g/mol. The summed E-state index contributed by atoms with van der Waals surface area (Å²) in [5.74, 6) is 0.528. The Morgan fingerprint density at radius 2 is 1.77 bits per heavy atom. The standard InChI is InChI=1S/C19H18IN5O/c1-25(2)17-11-18(24-21-12-17)22-15-6-8-16(9-7-15)23-19(26)13-4-3-5-14(20)10-13/h3-12H,1-2H3,(H,22,24)(H,23,26). The monoisotopic (exact) mass is 459 g/mol. The van der Waals surface area contributed by atoms with Gasteiger partial charge in [0.1, 0.15) is 0 Å². The van der Waals surface area contributed by atoms with Gasteiger partial charge in [-0.3, -0.25) is 4.79 Å². The fourth-order valence-electron chi connectivity index (χ4n) is 2.28. The molecule has 1 aromatic heterocycles. The van der Waals surface area contributed by atoms with E-state index in [9.17, 15) is 4.79 Å². The molecule has 2 aromatic carbocycles. The van der Waals surface area contributed by atoms with Crippen molar-refractivity contribution in [2.24, 2.45) is 0 Å². The Morgan fingerprint density at radius 1 is 1.04 bits per heavy atom. The summed E-state index contributed by atoms with van der Waals surface area (Å²) in [5.41, 5.74) is 3.19. The number of benzene rings is 2. The van der Waals surface area contributed by atoms with Crippen molar-refractivity contribution < 1.29 is 4.79 Å². The molecule has 0 aliphatic heterocycles. The molecular formula is C19H18IN5O. The maximum absolute atomic E-state index is 12.3. The zero-order valence-corrected chi connectivity index (χ0v) is 16.6. The Labute approximate surface area is 165 Å². The highest BCUT2D eigenvalue weighted by atomic mass is 127. The molecule has 132 valence electrons. The van der Waals surface area contributed by atoms with Crippen LogP contribution in [0.3, 0.4) is 0 Å². The predicted molar refractivity (Wildman–Crippen MR) is 113 cm³/mol. The second-order valence-corrected chi connectivity index (χ2v) is 7.11. The van der Waals surface area contributed by atoms with Gasteiger partial charge >= 0.3 is 0 Å². The first-order valence-corrected chi connectivity index (χ1v) is 9.03. The first kappa shape index (κ1) is 18.1. The van der Waals surface area contributed by atoms with Gasteiger partial charge in [0.15, 0.2) is 5.82 Å². The third-order valence-corrected chi connectivity index (χ3v) is 4.33. The summed E-state index contributed by atoms with van der Waals surface area (Å²) in [6.45, 7) is 0. The molecule has 0 saturated carbocycles. The van der Waals surface area contributed by atoms with Gasteiger partial charge < -0.3 is 15.5 Å². The van der Waals surface area contributed by atoms with Crippen LogP contribution in [0.25, 0.3) is 0 Å². The molecule has 0 atom stereocenters. The molecule has 0 aliphatic carbocycles. The van der Waals surface area contributed by atoms with E-state index in [1.807, 2.05) is 67.5 Å². The van der Waals surface area contributed by atoms with Crippen LogP contribution < -0.4 is 15.5 Å². The van der Waals surface area contributed by atoms with Crippen LogP contribution in [0.1, 0.15) is 10.4 Å². The molecule has 0 saturated heterocycles. The highest BCUT2D eigenvalue weighted by Crippen LogP contribution is 2.20. The van der Waals surface area contributed by atoms with Crippen molar-refractivity contribution in [3.63, 3.8) is 0 Å². The summed E-state index contributed by atoms with van der Waals surface area (Å²) in [7, 11) is 3.90. The summed E-state index contributed by atoms with van der Waals surface area (Å²) < 4.78 is 1.02. The van der Waals surface area contributed by atoms with Gasteiger partial charge in [0.05, 0.1) is 11.9 Å². The molecule has 0 radical (unpaired) electrons. The van der Waals surface area contributed by atoms with Crippen LogP contribution >= 0.6 is 22.6 Å². The van der Waals surface area contributed by atoms with Crippen molar-refractivity contribution in [2.45, 2.75) is 0 Å². The van der Waals surface area contributed by atoms with E-state index in [2.05, 4.69) is 43.4 Å². The fraction of sp³-hybridized carbons (Fsp3) is 0.105. The number of carbonyl (C=O) groups is 1. The van der Waals surface area contributed by atoms with Gasteiger partial charge in [0.2, 0.25) is 0 Å². The molecule has 0 spiro atoms. The summed E-state index contributed by atoms with van der Waals surface area (Å²) in [5, 5.41) is 14.2. The quantitative estimate of drug-likeness (QED) is 0.562. The first-order valence-electron chi connectivity index (χ1n) is 7.95. The van der Waals surface area contributed by atoms with Crippen molar-refractivity contribution in [1.82, 2.24) is 10.2 Å². The lowest BCUT2D eigenvalue weighted by molar-refractivity contribution is 0.102. The number of nitrogens with zero attached hydrogens (tertiary/aromatic N) is 3. The minimum absolute atomic E-state index is 0.131. The van der Waals surface area contributed by atoms with Crippen LogP contribution in [-0.2, 0) is 0 Å². The van der Waals surface area contributed by atoms with Crippen LogP contribution in [0, 0.1) is 3.57 Å². The molecule has 7 heteroatoms. The average Bonchev–Trinajstić information content (AvgIpc) is 2.63. The zero-order valence-electron chi connectivity index (χ0n) is 14.4. The third kappa shape index (κ3) is 4.69. The van der Waals surface area contributed by atoms with Crippen molar-refractivity contribution in [2.75, 3.05) is 29.6 Å². The van der Waals surface area contributed by atoms with E-state index in [0.29, 0.717) is 11.4 Å². The van der Waals surface area contributed by atoms with Gasteiger partial charge in [-0.25, -0.2) is 0 Å². The topological polar surface area (TPSA) is 70.2 Å². The van der Waals surface area contributed by atoms with Crippen molar-refractivity contribution in [3.05, 3.63) is 69.9 Å². The molecule has 0 aliphatic rings. The highest BCUT2D eigenvalue weighted by Gasteiger charge is 2.07. The summed E-state index contributed by atoms with van der Waals surface area (Å²) in [6.07, 6.45) is 1.70. The van der Waals surface area contributed by atoms with Crippen LogP contribution in [-0.4, -0.2) is 30.2 Å². The number of carbonyl (C=O) groups excluding carboxylic acids is 1. The molecular weight excluding hydrogens is 441 g/mol. The van der Waals surface area contributed by atoms with E-state index in [4.69, 9.17) is 0 Å². The van der Waals surface area contributed by atoms with Crippen LogP contribution in [0.5, 0.6) is 0 Å². The summed E-state index contributed by atoms with van der Waals surface area (Å²) in [6, 6.07) is 16.8. The van der Waals surface area contributed by atoms with E-state index in [1.54, 1.807) is 12.3 Å². The Hall–Kier alpha value is -2.68. The zero-order chi connectivity index (χ0) is 18.5. The third-order valence-electron chi connectivity index (χ3n) is 3.66. The Bertz CT molecular complexity index is 912. The van der Waals surface area contributed by atoms with Crippen molar-refractivity contribution in [3.8, 4) is 0 Å². The van der Waals surface area contributed by atoms with Crippen LogP contribution in [0.15, 0.2) is 60.8 Å². The lowest BCUT2D eigenvalue weighted by Gasteiger charge is -2.13. The normalized spacial score (nSPS) is 10.3. The van der Waals surface area contributed by atoms with Gasteiger partial charge in [0.25, 0.3) is 5.91 Å². The van der Waals surface area contributed by atoms with E-state index in [1.165, 1.54) is 0 Å². The number of hydrogen-bond donors (Lipinski definition) is 2. The Kier molecular flexibility index (Phi) is 5.67. The van der Waals surface area contributed by atoms with E-state index < -0.39 is 0 Å². The highest BCUT2D eigenvalue weighted by molar-refractivity contribution is 14.1. The van der Waals surface area contributed by atoms with Crippen molar-refractivity contribution in [1.29, 1.82) is 0 Å². The lowest BCUT2D eigenvalue weighted by atomic mass is 10.2. The second-order valence-electron chi connectivity index (χ2n) is 5.86. The molecule has 0 fully saturated rings. The summed E-state index contributed by atoms with van der Waals surface area (Å²) >= 11 is 2.19. The SMILES string of the molecule is CN(C)c1cnnc(Nc2ccc(NC(=O)c3cccc(I)c3)cc2)c1. The lowest BCUT2D eigenvalue weighted by Crippen LogP contribution is -2.12. The molecule has 1 amide bonds. The van der Waals surface area contributed by atoms with Crippen LogP contribution in [0.4, 0.5) is 22.9 Å². The maximum Gasteiger partial charge on any atom is 0.255 e. The molecule has 0 bridgehead atoms. The molecule has 6 nitrogen and oxygen atoms in total. The number of anilines is 4. The van der Waals surface area contributed by atoms with Crippen LogP contribution in [0.2, 0.25) is 0 Å². The predicted octanol–water partition coefficient (Wildman–Crippen LogP) is 4.14. The Morgan fingerprint density at radius 3 is 2.46 bits per heavy atom. The van der Waals surface area contributed by atoms with Gasteiger partial charge in [-0.05, 0) is 65.1 Å².